The molecule has 0 N–H and O–H groups in total. The van der Waals surface area contributed by atoms with Crippen molar-refractivity contribution in [3.8, 4) is 0 Å². The first kappa shape index (κ1) is 22.6. The van der Waals surface area contributed by atoms with E-state index in [1.165, 1.54) is 11.1 Å². The van der Waals surface area contributed by atoms with Crippen molar-refractivity contribution in [1.29, 1.82) is 0 Å². The Hall–Kier alpha value is -3.16. The number of carbonyl (C=O) groups is 2. The molecule has 3 aliphatic rings. The zero-order valence-corrected chi connectivity index (χ0v) is 20.5. The average molecular weight is 464 g/mol. The summed E-state index contributed by atoms with van der Waals surface area (Å²) in [4.78, 5) is 40.7. The normalized spacial score (nSPS) is 17.8. The van der Waals surface area contributed by atoms with E-state index in [-0.39, 0.29) is 12.0 Å². The van der Waals surface area contributed by atoms with E-state index < -0.39 is 5.60 Å². The van der Waals surface area contributed by atoms with Gasteiger partial charge in [-0.2, -0.15) is 0 Å². The molecule has 0 unspecified atom stereocenters. The number of hydrogen-bond acceptors (Lipinski definition) is 6. The van der Waals surface area contributed by atoms with Gasteiger partial charge in [0.2, 0.25) is 5.91 Å². The second-order valence-electron chi connectivity index (χ2n) is 10.7. The van der Waals surface area contributed by atoms with Crippen LogP contribution in [0, 0.1) is 12.8 Å². The topological polar surface area (TPSA) is 78.9 Å². The molecular weight excluding hydrogens is 430 g/mol. The maximum absolute atomic E-state index is 13.1. The Morgan fingerprint density at radius 1 is 1.09 bits per heavy atom. The number of hydrogen-bond donors (Lipinski definition) is 0. The van der Waals surface area contributed by atoms with Gasteiger partial charge in [-0.15, -0.1) is 0 Å². The van der Waals surface area contributed by atoms with Crippen LogP contribution in [0.2, 0.25) is 0 Å². The third kappa shape index (κ3) is 4.45. The molecule has 0 saturated carbocycles. The Morgan fingerprint density at radius 3 is 2.56 bits per heavy atom. The van der Waals surface area contributed by atoms with Crippen molar-refractivity contribution in [2.75, 3.05) is 24.5 Å². The molecule has 34 heavy (non-hydrogen) atoms. The first-order valence-corrected chi connectivity index (χ1v) is 12.1. The zero-order chi connectivity index (χ0) is 24.0. The van der Waals surface area contributed by atoms with E-state index in [2.05, 4.69) is 16.0 Å². The first-order valence-electron chi connectivity index (χ1n) is 12.1. The van der Waals surface area contributed by atoms with E-state index in [1.54, 1.807) is 11.1 Å². The monoisotopic (exact) mass is 463 g/mol. The second kappa shape index (κ2) is 8.56. The van der Waals surface area contributed by atoms with Gasteiger partial charge in [0, 0.05) is 50.4 Å². The predicted octanol–water partition coefficient (Wildman–Crippen LogP) is 3.45. The molecule has 0 radical (unpaired) electrons. The van der Waals surface area contributed by atoms with Crippen LogP contribution in [0.4, 0.5) is 10.5 Å². The molecule has 0 aliphatic carbocycles. The van der Waals surface area contributed by atoms with Gasteiger partial charge in [-0.3, -0.25) is 14.8 Å². The molecule has 0 aromatic carbocycles. The van der Waals surface area contributed by atoms with E-state index in [9.17, 15) is 9.59 Å². The van der Waals surface area contributed by atoms with Crippen molar-refractivity contribution in [2.45, 2.75) is 65.8 Å². The molecule has 180 valence electrons. The lowest BCUT2D eigenvalue weighted by molar-refractivity contribution is -0.133. The van der Waals surface area contributed by atoms with Crippen molar-refractivity contribution in [3.63, 3.8) is 0 Å². The Labute approximate surface area is 200 Å². The molecule has 0 atom stereocenters. The summed E-state index contributed by atoms with van der Waals surface area (Å²) in [7, 11) is 0. The highest BCUT2D eigenvalue weighted by molar-refractivity contribution is 5.78. The van der Waals surface area contributed by atoms with Gasteiger partial charge >= 0.3 is 6.09 Å². The van der Waals surface area contributed by atoms with Gasteiger partial charge < -0.3 is 19.4 Å². The molecule has 2 amide bonds. The summed E-state index contributed by atoms with van der Waals surface area (Å²) >= 11 is 0. The Morgan fingerprint density at radius 2 is 1.85 bits per heavy atom. The van der Waals surface area contributed by atoms with E-state index in [1.807, 2.05) is 44.9 Å². The summed E-state index contributed by atoms with van der Waals surface area (Å²) in [5, 5.41) is 0. The van der Waals surface area contributed by atoms with Crippen LogP contribution in [-0.2, 0) is 35.6 Å². The number of aromatic nitrogens is 2. The molecule has 2 aromatic rings. The van der Waals surface area contributed by atoms with Crippen molar-refractivity contribution in [2.24, 2.45) is 5.92 Å². The van der Waals surface area contributed by atoms with Gasteiger partial charge in [0.05, 0.1) is 30.7 Å². The van der Waals surface area contributed by atoms with E-state index in [0.717, 1.165) is 42.1 Å². The highest BCUT2D eigenvalue weighted by Gasteiger charge is 2.35. The van der Waals surface area contributed by atoms with Crippen LogP contribution in [0.15, 0.2) is 24.5 Å². The summed E-state index contributed by atoms with van der Waals surface area (Å²) < 4.78 is 5.57. The van der Waals surface area contributed by atoms with Crippen molar-refractivity contribution < 1.29 is 14.3 Å². The van der Waals surface area contributed by atoms with Crippen molar-refractivity contribution in [1.82, 2.24) is 19.8 Å². The van der Waals surface area contributed by atoms with E-state index in [0.29, 0.717) is 38.5 Å². The van der Waals surface area contributed by atoms with Gasteiger partial charge in [0.1, 0.15) is 5.60 Å². The van der Waals surface area contributed by atoms with Crippen molar-refractivity contribution in [3.05, 3.63) is 52.6 Å². The lowest BCUT2D eigenvalue weighted by Gasteiger charge is -2.41. The minimum absolute atomic E-state index is 0.200. The lowest BCUT2D eigenvalue weighted by atomic mass is 9.93. The molecule has 5 heterocycles. The smallest absolute Gasteiger partial charge is 0.410 e. The van der Waals surface area contributed by atoms with E-state index >= 15 is 0 Å². The van der Waals surface area contributed by atoms with Gasteiger partial charge in [-0.05, 0) is 62.9 Å². The molecule has 2 aromatic heterocycles. The standard InChI is InChI=1S/C26H33N5O3/c1-17-21-14-29(25(33)34-26(2,3)4)9-7-20(21)22-15-31(16-23(22)28-17)24(32)10-18-12-30(13-18)19-6-5-8-27-11-19/h5-6,8,11,18H,7,9-10,12-16H2,1-4H3. The quantitative estimate of drug-likeness (QED) is 0.694. The number of rotatable bonds is 3. The third-order valence-corrected chi connectivity index (χ3v) is 6.92. The summed E-state index contributed by atoms with van der Waals surface area (Å²) in [6.07, 6.45) is 4.70. The number of fused-ring (bicyclic) bond motifs is 3. The van der Waals surface area contributed by atoms with Gasteiger partial charge in [-0.25, -0.2) is 4.79 Å². The fraction of sp³-hybridized carbons (Fsp3) is 0.538. The highest BCUT2D eigenvalue weighted by atomic mass is 16.6. The lowest BCUT2D eigenvalue weighted by Crippen LogP contribution is -2.48. The Bertz CT molecular complexity index is 1110. The van der Waals surface area contributed by atoms with Crippen LogP contribution >= 0.6 is 0 Å². The number of amides is 2. The molecular formula is C26H33N5O3. The van der Waals surface area contributed by atoms with Crippen LogP contribution < -0.4 is 4.90 Å². The molecule has 3 aliphatic heterocycles. The third-order valence-electron chi connectivity index (χ3n) is 6.92. The van der Waals surface area contributed by atoms with Crippen LogP contribution in [0.1, 0.15) is 55.3 Å². The molecule has 0 spiro atoms. The number of pyridine rings is 2. The number of anilines is 1. The van der Waals surface area contributed by atoms with Gasteiger partial charge in [0.15, 0.2) is 0 Å². The minimum atomic E-state index is -0.515. The highest BCUT2D eigenvalue weighted by Crippen LogP contribution is 2.34. The molecule has 1 saturated heterocycles. The maximum atomic E-state index is 13.1. The van der Waals surface area contributed by atoms with Crippen LogP contribution in [-0.4, -0.2) is 57.0 Å². The average Bonchev–Trinajstić information content (AvgIpc) is 3.19. The second-order valence-corrected chi connectivity index (χ2v) is 10.7. The fourth-order valence-electron chi connectivity index (χ4n) is 5.17. The first-order chi connectivity index (χ1) is 16.2. The number of nitrogens with zero attached hydrogens (tertiary/aromatic N) is 5. The minimum Gasteiger partial charge on any atom is -0.444 e. The summed E-state index contributed by atoms with van der Waals surface area (Å²) in [5.41, 5.74) is 6.12. The number of ether oxygens (including phenoxy) is 1. The van der Waals surface area contributed by atoms with E-state index in [4.69, 9.17) is 9.72 Å². The SMILES string of the molecule is Cc1nc2c(c3c1CN(C(=O)OC(C)(C)C)CC3)CN(C(=O)CC1CN(c3cccnc3)C1)C2. The molecule has 8 nitrogen and oxygen atoms in total. The van der Waals surface area contributed by atoms with Crippen LogP contribution in [0.3, 0.4) is 0 Å². The predicted molar refractivity (Wildman–Crippen MR) is 128 cm³/mol. The van der Waals surface area contributed by atoms with Crippen LogP contribution in [0.5, 0.6) is 0 Å². The van der Waals surface area contributed by atoms with Gasteiger partial charge in [-0.1, -0.05) is 0 Å². The Kier molecular flexibility index (Phi) is 5.70. The maximum Gasteiger partial charge on any atom is 0.410 e. The fourth-order valence-corrected chi connectivity index (χ4v) is 5.17. The zero-order valence-electron chi connectivity index (χ0n) is 20.5. The number of aryl methyl sites for hydroxylation is 1. The summed E-state index contributed by atoms with van der Waals surface area (Å²) in [6, 6.07) is 4.00. The van der Waals surface area contributed by atoms with Crippen molar-refractivity contribution >= 4 is 17.7 Å². The van der Waals surface area contributed by atoms with Gasteiger partial charge in [0.25, 0.3) is 0 Å². The largest absolute Gasteiger partial charge is 0.444 e. The molecule has 0 bridgehead atoms. The summed E-state index contributed by atoms with van der Waals surface area (Å²) in [6.45, 7) is 11.8. The molecule has 1 fully saturated rings. The van der Waals surface area contributed by atoms with Crippen LogP contribution in [0.25, 0.3) is 0 Å². The number of carbonyl (C=O) groups excluding carboxylic acids is 2. The summed E-state index contributed by atoms with van der Waals surface area (Å²) in [5.74, 6) is 0.578. The Balaban J connectivity index is 1.22. The molecule has 5 rings (SSSR count). The molecule has 8 heteroatoms.